The van der Waals surface area contributed by atoms with E-state index in [-0.39, 0.29) is 12.0 Å². The Bertz CT molecular complexity index is 374. The second-order valence-corrected chi connectivity index (χ2v) is 4.53. The Morgan fingerprint density at radius 2 is 2.22 bits per heavy atom. The molecule has 1 aromatic heterocycles. The molecule has 0 aromatic carbocycles. The molecule has 0 saturated carbocycles. The number of aryl methyl sites for hydroxylation is 1. The van der Waals surface area contributed by atoms with Crippen molar-refractivity contribution in [1.82, 2.24) is 14.7 Å². The maximum Gasteiger partial charge on any atom is 0.307 e. The fourth-order valence-corrected chi connectivity index (χ4v) is 1.88. The number of hydrogen-bond acceptors (Lipinski definition) is 4. The Morgan fingerprint density at radius 3 is 2.78 bits per heavy atom. The summed E-state index contributed by atoms with van der Waals surface area (Å²) in [6, 6.07) is 0.0228. The summed E-state index contributed by atoms with van der Waals surface area (Å²) in [5.41, 5.74) is 1.06. The molecule has 0 bridgehead atoms. The maximum absolute atomic E-state index is 11.6. The van der Waals surface area contributed by atoms with Gasteiger partial charge in [-0.2, -0.15) is 5.10 Å². The minimum atomic E-state index is -0.167. The molecule has 0 radical (unpaired) electrons. The van der Waals surface area contributed by atoms with Gasteiger partial charge in [-0.15, -0.1) is 0 Å². The molecule has 0 N–H and O–H groups in total. The van der Waals surface area contributed by atoms with Crippen molar-refractivity contribution in [2.75, 3.05) is 20.7 Å². The van der Waals surface area contributed by atoms with Crippen LogP contribution in [0.5, 0.6) is 0 Å². The van der Waals surface area contributed by atoms with Crippen molar-refractivity contribution >= 4 is 5.97 Å². The van der Waals surface area contributed by atoms with Crippen LogP contribution in [0, 0.1) is 0 Å². The molecule has 0 spiro atoms. The fraction of sp³-hybridized carbons (Fsp3) is 0.692. The lowest BCUT2D eigenvalue weighted by molar-refractivity contribution is -0.144. The van der Waals surface area contributed by atoms with Gasteiger partial charge in [-0.25, -0.2) is 0 Å². The van der Waals surface area contributed by atoms with Gasteiger partial charge in [0.1, 0.15) is 0 Å². The van der Waals surface area contributed by atoms with Crippen LogP contribution < -0.4 is 0 Å². The predicted octanol–water partition coefficient (Wildman–Crippen LogP) is 1.85. The van der Waals surface area contributed by atoms with Gasteiger partial charge in [0.25, 0.3) is 0 Å². The maximum atomic E-state index is 11.6. The average Bonchev–Trinajstić information content (AvgIpc) is 2.75. The molecule has 0 saturated heterocycles. The lowest BCUT2D eigenvalue weighted by Gasteiger charge is -2.22. The van der Waals surface area contributed by atoms with Crippen LogP contribution in [-0.2, 0) is 16.1 Å². The van der Waals surface area contributed by atoms with Crippen molar-refractivity contribution < 1.29 is 9.53 Å². The first-order valence-corrected chi connectivity index (χ1v) is 6.42. The Balaban J connectivity index is 2.73. The van der Waals surface area contributed by atoms with Crippen LogP contribution in [-0.4, -0.2) is 41.4 Å². The lowest BCUT2D eigenvalue weighted by atomic mass is 10.1. The smallest absolute Gasteiger partial charge is 0.307 e. The second kappa shape index (κ2) is 7.16. The molecule has 1 unspecified atom stereocenters. The molecule has 0 aliphatic rings. The van der Waals surface area contributed by atoms with Gasteiger partial charge in [0, 0.05) is 24.3 Å². The normalized spacial score (nSPS) is 12.7. The molecular formula is C13H23N3O2. The predicted molar refractivity (Wildman–Crippen MR) is 70.2 cm³/mol. The zero-order chi connectivity index (χ0) is 13.5. The third kappa shape index (κ3) is 4.14. The summed E-state index contributed by atoms with van der Waals surface area (Å²) in [7, 11) is 3.92. The summed E-state index contributed by atoms with van der Waals surface area (Å²) in [4.78, 5) is 13.6. The number of aromatic nitrogens is 2. The summed E-state index contributed by atoms with van der Waals surface area (Å²) in [5.74, 6) is -0.167. The molecule has 18 heavy (non-hydrogen) atoms. The van der Waals surface area contributed by atoms with Gasteiger partial charge in [-0.05, 0) is 27.4 Å². The molecule has 0 amide bonds. The van der Waals surface area contributed by atoms with Crippen molar-refractivity contribution in [1.29, 1.82) is 0 Å². The molecule has 102 valence electrons. The molecule has 0 aliphatic heterocycles. The molecule has 5 heteroatoms. The first-order chi connectivity index (χ1) is 8.58. The van der Waals surface area contributed by atoms with Gasteiger partial charge in [0.05, 0.1) is 19.2 Å². The second-order valence-electron chi connectivity index (χ2n) is 4.53. The molecule has 1 rings (SSSR count). The molecule has 1 heterocycles. The monoisotopic (exact) mass is 253 g/mol. The lowest BCUT2D eigenvalue weighted by Crippen LogP contribution is -2.23. The highest BCUT2D eigenvalue weighted by Crippen LogP contribution is 2.22. The van der Waals surface area contributed by atoms with Crippen LogP contribution in [0.2, 0.25) is 0 Å². The number of rotatable bonds is 7. The summed E-state index contributed by atoms with van der Waals surface area (Å²) in [5, 5.41) is 4.30. The fourth-order valence-electron chi connectivity index (χ4n) is 1.88. The van der Waals surface area contributed by atoms with E-state index in [2.05, 4.69) is 12.0 Å². The standard InChI is InChI=1S/C13H23N3O2/c1-5-7-16-10-11(9-14-16)12(15(3)4)8-13(17)18-6-2/h9-10,12H,5-8H2,1-4H3. The largest absolute Gasteiger partial charge is 0.466 e. The van der Waals surface area contributed by atoms with Crippen LogP contribution in [0.4, 0.5) is 0 Å². The Kier molecular flexibility index (Phi) is 5.85. The quantitative estimate of drug-likeness (QED) is 0.696. The van der Waals surface area contributed by atoms with E-state index in [4.69, 9.17) is 4.74 Å². The van der Waals surface area contributed by atoms with Gasteiger partial charge in [0.15, 0.2) is 0 Å². The molecule has 5 nitrogen and oxygen atoms in total. The van der Waals surface area contributed by atoms with E-state index >= 15 is 0 Å². The summed E-state index contributed by atoms with van der Waals surface area (Å²) >= 11 is 0. The van der Waals surface area contributed by atoms with Crippen LogP contribution in [0.25, 0.3) is 0 Å². The summed E-state index contributed by atoms with van der Waals surface area (Å²) in [6.45, 7) is 5.26. The first kappa shape index (κ1) is 14.7. The molecular weight excluding hydrogens is 230 g/mol. The van der Waals surface area contributed by atoms with E-state index in [9.17, 15) is 4.79 Å². The third-order valence-electron chi connectivity index (χ3n) is 2.78. The van der Waals surface area contributed by atoms with Crippen molar-refractivity contribution in [2.45, 2.75) is 39.3 Å². The van der Waals surface area contributed by atoms with Gasteiger partial charge in [-0.3, -0.25) is 9.48 Å². The van der Waals surface area contributed by atoms with Crippen LogP contribution >= 0.6 is 0 Å². The van der Waals surface area contributed by atoms with Crippen molar-refractivity contribution in [3.8, 4) is 0 Å². The SMILES string of the molecule is CCCn1cc(C(CC(=O)OCC)N(C)C)cn1. The molecule has 0 aliphatic carbocycles. The van der Waals surface area contributed by atoms with Gasteiger partial charge < -0.3 is 9.64 Å². The van der Waals surface area contributed by atoms with Crippen LogP contribution in [0.1, 0.15) is 38.3 Å². The average molecular weight is 253 g/mol. The van der Waals surface area contributed by atoms with E-state index in [1.54, 1.807) is 0 Å². The summed E-state index contributed by atoms with van der Waals surface area (Å²) in [6.07, 6.45) is 5.25. The zero-order valence-electron chi connectivity index (χ0n) is 11.7. The number of hydrogen-bond donors (Lipinski definition) is 0. The Morgan fingerprint density at radius 1 is 1.50 bits per heavy atom. The molecule has 1 atom stereocenters. The molecule has 1 aromatic rings. The van der Waals surface area contributed by atoms with E-state index in [0.29, 0.717) is 13.0 Å². The van der Waals surface area contributed by atoms with Crippen molar-refractivity contribution in [2.24, 2.45) is 0 Å². The van der Waals surface area contributed by atoms with E-state index < -0.39 is 0 Å². The number of nitrogens with zero attached hydrogens (tertiary/aromatic N) is 3. The zero-order valence-corrected chi connectivity index (χ0v) is 11.7. The number of ether oxygens (including phenoxy) is 1. The Labute approximate surface area is 109 Å². The number of esters is 1. The Hall–Kier alpha value is -1.36. The molecule has 0 fully saturated rings. The first-order valence-electron chi connectivity index (χ1n) is 6.42. The van der Waals surface area contributed by atoms with E-state index in [1.807, 2.05) is 43.0 Å². The van der Waals surface area contributed by atoms with E-state index in [0.717, 1.165) is 18.5 Å². The van der Waals surface area contributed by atoms with Crippen LogP contribution in [0.3, 0.4) is 0 Å². The van der Waals surface area contributed by atoms with Gasteiger partial charge in [-0.1, -0.05) is 6.92 Å². The highest BCUT2D eigenvalue weighted by molar-refractivity contribution is 5.70. The van der Waals surface area contributed by atoms with Crippen molar-refractivity contribution in [3.63, 3.8) is 0 Å². The topological polar surface area (TPSA) is 47.4 Å². The number of carbonyl (C=O) groups is 1. The van der Waals surface area contributed by atoms with Gasteiger partial charge in [0.2, 0.25) is 0 Å². The van der Waals surface area contributed by atoms with Crippen LogP contribution in [0.15, 0.2) is 12.4 Å². The van der Waals surface area contributed by atoms with E-state index in [1.165, 1.54) is 0 Å². The minimum absolute atomic E-state index is 0.0228. The van der Waals surface area contributed by atoms with Gasteiger partial charge >= 0.3 is 5.97 Å². The highest BCUT2D eigenvalue weighted by atomic mass is 16.5. The third-order valence-corrected chi connectivity index (χ3v) is 2.78. The minimum Gasteiger partial charge on any atom is -0.466 e. The summed E-state index contributed by atoms with van der Waals surface area (Å²) < 4.78 is 6.92. The number of carbonyl (C=O) groups excluding carboxylic acids is 1. The van der Waals surface area contributed by atoms with Crippen molar-refractivity contribution in [3.05, 3.63) is 18.0 Å². The highest BCUT2D eigenvalue weighted by Gasteiger charge is 2.20.